The van der Waals surface area contributed by atoms with Crippen LogP contribution in [0, 0.1) is 0 Å². The molecule has 0 saturated carbocycles. The fraction of sp³-hybridized carbons (Fsp3) is 0.278. The normalized spacial score (nSPS) is 17.8. The number of thiophene rings is 1. The van der Waals surface area contributed by atoms with E-state index in [4.69, 9.17) is 4.74 Å². The number of halogens is 1. The van der Waals surface area contributed by atoms with E-state index < -0.39 is 0 Å². The zero-order valence-electron chi connectivity index (χ0n) is 12.6. The second-order valence-corrected chi connectivity index (χ2v) is 7.55. The number of anilines is 1. The van der Waals surface area contributed by atoms with Gasteiger partial charge in [-0.1, -0.05) is 15.9 Å². The molecule has 3 nitrogen and oxygen atoms in total. The van der Waals surface area contributed by atoms with Crippen molar-refractivity contribution in [1.82, 2.24) is 4.98 Å². The molecule has 23 heavy (non-hydrogen) atoms. The molecule has 0 amide bonds. The van der Waals surface area contributed by atoms with Gasteiger partial charge in [0.15, 0.2) is 0 Å². The predicted octanol–water partition coefficient (Wildman–Crippen LogP) is 5.11. The van der Waals surface area contributed by atoms with E-state index in [0.29, 0.717) is 6.04 Å². The van der Waals surface area contributed by atoms with Gasteiger partial charge >= 0.3 is 0 Å². The van der Waals surface area contributed by atoms with Gasteiger partial charge in [-0.15, -0.1) is 11.3 Å². The number of hydrogen-bond donors (Lipinski definition) is 0. The van der Waals surface area contributed by atoms with Gasteiger partial charge in [-0.3, -0.25) is 4.98 Å². The maximum absolute atomic E-state index is 6.02. The van der Waals surface area contributed by atoms with Gasteiger partial charge in [-0.25, -0.2) is 0 Å². The van der Waals surface area contributed by atoms with Crippen LogP contribution in [-0.4, -0.2) is 24.2 Å². The van der Waals surface area contributed by atoms with E-state index in [0.717, 1.165) is 28.9 Å². The Balaban J connectivity index is 1.52. The summed E-state index contributed by atoms with van der Waals surface area (Å²) in [7, 11) is 0. The second-order valence-electron chi connectivity index (χ2n) is 5.72. The number of aromatic nitrogens is 1. The Hall–Kier alpha value is -1.59. The van der Waals surface area contributed by atoms with Crippen molar-refractivity contribution in [1.29, 1.82) is 0 Å². The van der Waals surface area contributed by atoms with Crippen LogP contribution in [0.15, 0.2) is 52.4 Å². The molecule has 1 aliphatic heterocycles. The smallest absolute Gasteiger partial charge is 0.119 e. The summed E-state index contributed by atoms with van der Waals surface area (Å²) in [5.74, 6) is 0.927. The van der Waals surface area contributed by atoms with Crippen LogP contribution < -0.4 is 9.64 Å². The van der Waals surface area contributed by atoms with E-state index in [-0.39, 0.29) is 0 Å². The molecule has 1 aromatic carbocycles. The van der Waals surface area contributed by atoms with E-state index in [9.17, 15) is 0 Å². The largest absolute Gasteiger partial charge is 0.491 e. The van der Waals surface area contributed by atoms with Crippen LogP contribution in [0.3, 0.4) is 0 Å². The standard InChI is InChI=1S/C18H17BrN2OS/c19-13-3-5-15(6-4-13)22-12-14-2-1-10-21(14)17-7-9-20-16-8-11-23-18(16)17/h3-9,11,14H,1-2,10,12H2/t14-/m0/s1. The Morgan fingerprint density at radius 2 is 2.09 bits per heavy atom. The number of nitrogens with zero attached hydrogens (tertiary/aromatic N) is 2. The zero-order valence-corrected chi connectivity index (χ0v) is 15.0. The highest BCUT2D eigenvalue weighted by Gasteiger charge is 2.27. The van der Waals surface area contributed by atoms with Crippen molar-refractivity contribution in [3.05, 3.63) is 52.4 Å². The summed E-state index contributed by atoms with van der Waals surface area (Å²) in [6.07, 6.45) is 4.30. The minimum Gasteiger partial charge on any atom is -0.491 e. The van der Waals surface area contributed by atoms with Crippen molar-refractivity contribution < 1.29 is 4.74 Å². The first-order valence-electron chi connectivity index (χ1n) is 7.78. The van der Waals surface area contributed by atoms with Gasteiger partial charge in [0.2, 0.25) is 0 Å². The van der Waals surface area contributed by atoms with Crippen LogP contribution in [0.4, 0.5) is 5.69 Å². The summed E-state index contributed by atoms with van der Waals surface area (Å²) in [5, 5.41) is 2.12. The summed E-state index contributed by atoms with van der Waals surface area (Å²) >= 11 is 5.22. The average molecular weight is 389 g/mol. The fourth-order valence-electron chi connectivity index (χ4n) is 3.14. The number of benzene rings is 1. The first-order chi connectivity index (χ1) is 11.3. The highest BCUT2D eigenvalue weighted by atomic mass is 79.9. The van der Waals surface area contributed by atoms with Crippen molar-refractivity contribution in [3.63, 3.8) is 0 Å². The van der Waals surface area contributed by atoms with Crippen molar-refractivity contribution in [2.75, 3.05) is 18.1 Å². The van der Waals surface area contributed by atoms with Crippen molar-refractivity contribution in [2.24, 2.45) is 0 Å². The van der Waals surface area contributed by atoms with Crippen molar-refractivity contribution in [2.45, 2.75) is 18.9 Å². The molecule has 0 aliphatic carbocycles. The summed E-state index contributed by atoms with van der Waals surface area (Å²) < 4.78 is 8.37. The summed E-state index contributed by atoms with van der Waals surface area (Å²) in [4.78, 5) is 6.93. The quantitative estimate of drug-likeness (QED) is 0.620. The molecule has 0 N–H and O–H groups in total. The van der Waals surface area contributed by atoms with Crippen LogP contribution >= 0.6 is 27.3 Å². The molecule has 0 radical (unpaired) electrons. The van der Waals surface area contributed by atoms with Crippen LogP contribution in [0.2, 0.25) is 0 Å². The maximum Gasteiger partial charge on any atom is 0.119 e. The Morgan fingerprint density at radius 3 is 2.96 bits per heavy atom. The van der Waals surface area contributed by atoms with Crippen LogP contribution in [0.25, 0.3) is 10.2 Å². The van der Waals surface area contributed by atoms with Gasteiger partial charge in [-0.05, 0) is 54.6 Å². The molecule has 0 spiro atoms. The lowest BCUT2D eigenvalue weighted by Crippen LogP contribution is -2.34. The Bertz CT molecular complexity index is 802. The molecule has 0 bridgehead atoms. The molecular weight excluding hydrogens is 372 g/mol. The summed E-state index contributed by atoms with van der Waals surface area (Å²) in [6, 6.07) is 12.7. The van der Waals surface area contributed by atoms with Gasteiger partial charge < -0.3 is 9.64 Å². The molecule has 2 aromatic heterocycles. The lowest BCUT2D eigenvalue weighted by molar-refractivity contribution is 0.288. The van der Waals surface area contributed by atoms with E-state index >= 15 is 0 Å². The molecule has 5 heteroatoms. The van der Waals surface area contributed by atoms with Gasteiger partial charge in [0, 0.05) is 17.2 Å². The molecule has 1 atom stereocenters. The number of fused-ring (bicyclic) bond motifs is 1. The first kappa shape index (κ1) is 15.0. The molecule has 1 saturated heterocycles. The van der Waals surface area contributed by atoms with E-state index in [1.807, 2.05) is 30.5 Å². The molecule has 1 fully saturated rings. The van der Waals surface area contributed by atoms with Gasteiger partial charge in [0.25, 0.3) is 0 Å². The van der Waals surface area contributed by atoms with E-state index in [2.05, 4.69) is 43.3 Å². The first-order valence-corrected chi connectivity index (χ1v) is 9.46. The molecule has 1 aliphatic rings. The second kappa shape index (κ2) is 6.49. The lowest BCUT2D eigenvalue weighted by atomic mass is 10.2. The third kappa shape index (κ3) is 3.08. The summed E-state index contributed by atoms with van der Waals surface area (Å²) in [5.41, 5.74) is 2.39. The van der Waals surface area contributed by atoms with Crippen LogP contribution in [0.5, 0.6) is 5.75 Å². The highest BCUT2D eigenvalue weighted by molar-refractivity contribution is 9.10. The minimum atomic E-state index is 0.423. The number of rotatable bonds is 4. The molecular formula is C18H17BrN2OS. The Kier molecular flexibility index (Phi) is 4.23. The lowest BCUT2D eigenvalue weighted by Gasteiger charge is -2.27. The van der Waals surface area contributed by atoms with Crippen molar-refractivity contribution in [3.8, 4) is 5.75 Å². The van der Waals surface area contributed by atoms with Gasteiger partial charge in [0.1, 0.15) is 12.4 Å². The molecule has 0 unspecified atom stereocenters. The van der Waals surface area contributed by atoms with Crippen LogP contribution in [0.1, 0.15) is 12.8 Å². The molecule has 4 rings (SSSR count). The Morgan fingerprint density at radius 1 is 1.22 bits per heavy atom. The number of ether oxygens (including phenoxy) is 1. The molecule has 3 aromatic rings. The van der Waals surface area contributed by atoms with Gasteiger partial charge in [0.05, 0.1) is 21.9 Å². The van der Waals surface area contributed by atoms with E-state index in [1.54, 1.807) is 11.3 Å². The molecule has 3 heterocycles. The number of hydrogen-bond acceptors (Lipinski definition) is 4. The summed E-state index contributed by atoms with van der Waals surface area (Å²) in [6.45, 7) is 1.81. The van der Waals surface area contributed by atoms with E-state index in [1.165, 1.54) is 23.2 Å². The topological polar surface area (TPSA) is 25.4 Å². The molecule has 118 valence electrons. The SMILES string of the molecule is Brc1ccc(OC[C@@H]2CCCN2c2ccnc3ccsc23)cc1. The average Bonchev–Trinajstić information content (AvgIpc) is 3.23. The zero-order chi connectivity index (χ0) is 15.6. The maximum atomic E-state index is 6.02. The van der Waals surface area contributed by atoms with Gasteiger partial charge in [-0.2, -0.15) is 0 Å². The fourth-order valence-corrected chi connectivity index (χ4v) is 4.28. The third-order valence-corrected chi connectivity index (χ3v) is 5.72. The number of pyridine rings is 1. The predicted molar refractivity (Wildman–Crippen MR) is 99.6 cm³/mol. The highest BCUT2D eigenvalue weighted by Crippen LogP contribution is 2.34. The van der Waals surface area contributed by atoms with Crippen molar-refractivity contribution >= 4 is 43.2 Å². The third-order valence-electron chi connectivity index (χ3n) is 4.27. The monoisotopic (exact) mass is 388 g/mol. The Labute approximate surface area is 148 Å². The van der Waals surface area contributed by atoms with Crippen LogP contribution in [-0.2, 0) is 0 Å². The minimum absolute atomic E-state index is 0.423.